The first-order chi connectivity index (χ1) is 27.5. The summed E-state index contributed by atoms with van der Waals surface area (Å²) >= 11 is 0. The molecule has 3 aromatic carbocycles. The molecule has 8 atom stereocenters. The zero-order valence-electron chi connectivity index (χ0n) is 34.9. The summed E-state index contributed by atoms with van der Waals surface area (Å²) in [6.07, 6.45) is 5.52. The smallest absolute Gasteiger partial charge is 0.410 e. The van der Waals surface area contributed by atoms with E-state index in [0.29, 0.717) is 52.2 Å². The highest BCUT2D eigenvalue weighted by molar-refractivity contribution is 5.86. The second-order valence-corrected chi connectivity index (χ2v) is 16.9. The third-order valence-electron chi connectivity index (χ3n) is 10.8. The number of hydrogen-bond donors (Lipinski definition) is 1. The van der Waals surface area contributed by atoms with E-state index >= 15 is 0 Å². The van der Waals surface area contributed by atoms with Gasteiger partial charge in [0, 0.05) is 13.1 Å². The molecule has 9 nitrogen and oxygen atoms in total. The number of carbonyl (C=O) groups is 2. The maximum Gasteiger partial charge on any atom is 0.410 e. The lowest BCUT2D eigenvalue weighted by atomic mass is 9.88. The van der Waals surface area contributed by atoms with E-state index in [4.69, 9.17) is 23.7 Å². The van der Waals surface area contributed by atoms with E-state index < -0.39 is 36.0 Å². The standard InChI is InChI=1S/C48H66N2O7/c1-7-9-13-27-39-29-40(50(31-39)47(52)57-48(4,5)6)46(51)49-30-35(3)28-42-44(54-33-37-23-16-11-17-24-37)45(55-34-38-25-18-12-19-26-38)43(41(56-42)20-8-2)53-32-36-21-14-10-15-22-36/h8,10-12,14-19,21-26,35,39-45H,2,7,9,13,20,27-34H2,1,3-6H3,(H,49,51). The Bertz CT molecular complexity index is 1630. The summed E-state index contributed by atoms with van der Waals surface area (Å²) in [5.41, 5.74) is 2.52. The SMILES string of the molecule is C=CCC1OC(CC(C)CNC(=O)C2CC(CCCCC)CN2C(=O)OC(C)(C)C)C(OCc2ccccc2)C(OCc2ccccc2)C1OCc1ccccc1. The molecule has 8 unspecified atom stereocenters. The Morgan fingerprint density at radius 1 is 0.825 bits per heavy atom. The molecule has 3 aromatic rings. The lowest BCUT2D eigenvalue weighted by Gasteiger charge is -2.47. The van der Waals surface area contributed by atoms with Crippen LogP contribution in [0.3, 0.4) is 0 Å². The summed E-state index contributed by atoms with van der Waals surface area (Å²) in [6, 6.07) is 29.8. The minimum atomic E-state index is -0.649. The second-order valence-electron chi connectivity index (χ2n) is 16.9. The largest absolute Gasteiger partial charge is 0.444 e. The van der Waals surface area contributed by atoms with Crippen LogP contribution < -0.4 is 5.32 Å². The third kappa shape index (κ3) is 13.8. The fourth-order valence-electron chi connectivity index (χ4n) is 7.89. The van der Waals surface area contributed by atoms with Crippen LogP contribution >= 0.6 is 0 Å². The minimum absolute atomic E-state index is 0.0134. The normalized spacial score (nSPS) is 24.2. The summed E-state index contributed by atoms with van der Waals surface area (Å²) in [7, 11) is 0. The van der Waals surface area contributed by atoms with Crippen LogP contribution in [0.2, 0.25) is 0 Å². The number of rotatable bonds is 20. The third-order valence-corrected chi connectivity index (χ3v) is 10.8. The van der Waals surface area contributed by atoms with E-state index in [-0.39, 0.29) is 30.0 Å². The van der Waals surface area contributed by atoms with Gasteiger partial charge >= 0.3 is 6.09 Å². The summed E-state index contributed by atoms with van der Waals surface area (Å²) in [4.78, 5) is 28.9. The molecular formula is C48H66N2O7. The Labute approximate surface area is 341 Å². The summed E-state index contributed by atoms with van der Waals surface area (Å²) in [6.45, 7) is 16.0. The van der Waals surface area contributed by atoms with Gasteiger partial charge in [0.25, 0.3) is 0 Å². The van der Waals surface area contributed by atoms with Crippen molar-refractivity contribution < 1.29 is 33.3 Å². The molecule has 0 radical (unpaired) electrons. The van der Waals surface area contributed by atoms with Gasteiger partial charge in [-0.2, -0.15) is 0 Å². The quantitative estimate of drug-likeness (QED) is 0.0902. The second kappa shape index (κ2) is 22.2. The van der Waals surface area contributed by atoms with Gasteiger partial charge in [0.15, 0.2) is 0 Å². The van der Waals surface area contributed by atoms with Gasteiger partial charge in [-0.25, -0.2) is 4.79 Å². The van der Waals surface area contributed by atoms with Gasteiger partial charge in [-0.15, -0.1) is 6.58 Å². The highest BCUT2D eigenvalue weighted by Crippen LogP contribution is 2.35. The highest BCUT2D eigenvalue weighted by atomic mass is 16.6. The molecule has 0 aromatic heterocycles. The van der Waals surface area contributed by atoms with Crippen LogP contribution in [0.5, 0.6) is 0 Å². The molecule has 2 aliphatic heterocycles. The predicted molar refractivity (Wildman–Crippen MR) is 224 cm³/mol. The molecule has 2 amide bonds. The van der Waals surface area contributed by atoms with Crippen LogP contribution in [-0.4, -0.2) is 72.2 Å². The Hall–Kier alpha value is -4.02. The number of benzene rings is 3. The van der Waals surface area contributed by atoms with Crippen LogP contribution in [0.25, 0.3) is 0 Å². The van der Waals surface area contributed by atoms with E-state index in [0.717, 1.165) is 42.4 Å². The number of amides is 2. The zero-order valence-corrected chi connectivity index (χ0v) is 34.9. The average molecular weight is 783 g/mol. The molecule has 1 N–H and O–H groups in total. The first-order valence-electron chi connectivity index (χ1n) is 21.0. The Balaban J connectivity index is 1.34. The van der Waals surface area contributed by atoms with Crippen molar-refractivity contribution in [2.24, 2.45) is 11.8 Å². The van der Waals surface area contributed by atoms with E-state index in [1.54, 1.807) is 4.90 Å². The minimum Gasteiger partial charge on any atom is -0.444 e. The molecule has 310 valence electrons. The van der Waals surface area contributed by atoms with E-state index in [1.807, 2.05) is 81.4 Å². The van der Waals surface area contributed by atoms with Gasteiger partial charge in [-0.1, -0.05) is 130 Å². The molecule has 9 heteroatoms. The van der Waals surface area contributed by atoms with Crippen molar-refractivity contribution in [3.8, 4) is 0 Å². The van der Waals surface area contributed by atoms with Crippen molar-refractivity contribution in [1.29, 1.82) is 0 Å². The van der Waals surface area contributed by atoms with E-state index in [1.165, 1.54) is 0 Å². The maximum absolute atomic E-state index is 13.9. The maximum atomic E-state index is 13.9. The molecular weight excluding hydrogens is 717 g/mol. The molecule has 2 saturated heterocycles. The van der Waals surface area contributed by atoms with Crippen LogP contribution in [0.15, 0.2) is 104 Å². The summed E-state index contributed by atoms with van der Waals surface area (Å²) in [5, 5.41) is 3.21. The van der Waals surface area contributed by atoms with Gasteiger partial charge in [-0.3, -0.25) is 9.69 Å². The Kier molecular flexibility index (Phi) is 17.2. The van der Waals surface area contributed by atoms with Crippen molar-refractivity contribution in [3.63, 3.8) is 0 Å². The average Bonchev–Trinajstić information content (AvgIpc) is 3.64. The van der Waals surface area contributed by atoms with Crippen molar-refractivity contribution in [3.05, 3.63) is 120 Å². The fourth-order valence-corrected chi connectivity index (χ4v) is 7.89. The van der Waals surface area contributed by atoms with E-state index in [2.05, 4.69) is 62.1 Å². The van der Waals surface area contributed by atoms with Gasteiger partial charge < -0.3 is 29.0 Å². The van der Waals surface area contributed by atoms with Gasteiger partial charge in [0.05, 0.1) is 32.0 Å². The van der Waals surface area contributed by atoms with Crippen LogP contribution in [0, 0.1) is 11.8 Å². The first-order valence-corrected chi connectivity index (χ1v) is 21.0. The topological polar surface area (TPSA) is 95.6 Å². The molecule has 0 spiro atoms. The summed E-state index contributed by atoms with van der Waals surface area (Å²) < 4.78 is 33.1. The van der Waals surface area contributed by atoms with Crippen molar-refractivity contribution in [2.45, 2.75) is 142 Å². The number of nitrogens with one attached hydrogen (secondary N) is 1. The predicted octanol–water partition coefficient (Wildman–Crippen LogP) is 9.43. The number of ether oxygens (including phenoxy) is 5. The van der Waals surface area contributed by atoms with Gasteiger partial charge in [0.2, 0.25) is 5.91 Å². The molecule has 5 rings (SSSR count). The van der Waals surface area contributed by atoms with Crippen LogP contribution in [0.1, 0.15) is 96.3 Å². The Morgan fingerprint density at radius 2 is 1.35 bits per heavy atom. The van der Waals surface area contributed by atoms with Crippen molar-refractivity contribution in [1.82, 2.24) is 10.2 Å². The van der Waals surface area contributed by atoms with Gasteiger partial charge in [-0.05, 0) is 75.0 Å². The number of unbranched alkanes of at least 4 members (excludes halogenated alkanes) is 2. The van der Waals surface area contributed by atoms with Crippen molar-refractivity contribution in [2.75, 3.05) is 13.1 Å². The molecule has 2 aliphatic rings. The van der Waals surface area contributed by atoms with Crippen LogP contribution in [0.4, 0.5) is 4.79 Å². The highest BCUT2D eigenvalue weighted by Gasteiger charge is 2.48. The monoisotopic (exact) mass is 782 g/mol. The molecule has 0 aliphatic carbocycles. The summed E-state index contributed by atoms with van der Waals surface area (Å²) in [5.74, 6) is 0.136. The lowest BCUT2D eigenvalue weighted by molar-refractivity contribution is -0.266. The van der Waals surface area contributed by atoms with E-state index in [9.17, 15) is 9.59 Å². The molecule has 57 heavy (non-hydrogen) atoms. The molecule has 0 saturated carbocycles. The van der Waals surface area contributed by atoms with Crippen LogP contribution in [-0.2, 0) is 48.3 Å². The Morgan fingerprint density at radius 3 is 1.86 bits per heavy atom. The van der Waals surface area contributed by atoms with Crippen molar-refractivity contribution >= 4 is 12.0 Å². The molecule has 2 fully saturated rings. The molecule has 2 heterocycles. The first kappa shape index (κ1) is 44.1. The number of nitrogens with zero attached hydrogens (tertiary/aromatic N) is 1. The zero-order chi connectivity index (χ0) is 40.6. The fraction of sp³-hybridized carbons (Fsp3) is 0.542. The molecule has 0 bridgehead atoms. The van der Waals surface area contributed by atoms with Gasteiger partial charge in [0.1, 0.15) is 30.0 Å². The lowest BCUT2D eigenvalue weighted by Crippen LogP contribution is -2.60. The number of carbonyl (C=O) groups excluding carboxylic acids is 2. The number of hydrogen-bond acceptors (Lipinski definition) is 7. The number of likely N-dealkylation sites (tertiary alicyclic amines) is 1.